The third kappa shape index (κ3) is 3.38. The number of carboxylic acids is 1. The van der Waals surface area contributed by atoms with Crippen LogP contribution in [-0.4, -0.2) is 33.9 Å². The van der Waals surface area contributed by atoms with Crippen molar-refractivity contribution < 1.29 is 15.0 Å². The summed E-state index contributed by atoms with van der Waals surface area (Å²) < 4.78 is 1.03. The third-order valence-electron chi connectivity index (χ3n) is 3.83. The third-order valence-corrected chi connectivity index (χ3v) is 4.85. The summed E-state index contributed by atoms with van der Waals surface area (Å²) in [6.45, 7) is 0.229. The molecule has 2 heterocycles. The SMILES string of the molecule is NCC(c1ccc(C(=O)O)cc1)C(O)Nc1cc2ccncc2s1. The largest absolute Gasteiger partial charge is 0.478 e. The Morgan fingerprint density at radius 1 is 1.29 bits per heavy atom. The van der Waals surface area contributed by atoms with Gasteiger partial charge in [0.15, 0.2) is 0 Å². The molecular formula is C17H17N3O3S. The highest BCUT2D eigenvalue weighted by Gasteiger charge is 2.21. The number of carboxylic acid groups (broad SMARTS) is 1. The number of rotatable bonds is 6. The van der Waals surface area contributed by atoms with Crippen LogP contribution in [0.2, 0.25) is 0 Å². The van der Waals surface area contributed by atoms with E-state index in [1.807, 2.05) is 12.1 Å². The molecular weight excluding hydrogens is 326 g/mol. The predicted molar refractivity (Wildman–Crippen MR) is 94.4 cm³/mol. The summed E-state index contributed by atoms with van der Waals surface area (Å²) in [6, 6.07) is 10.2. The van der Waals surface area contributed by atoms with E-state index in [0.29, 0.717) is 0 Å². The Bertz CT molecular complexity index is 815. The van der Waals surface area contributed by atoms with Gasteiger partial charge in [0, 0.05) is 24.9 Å². The summed E-state index contributed by atoms with van der Waals surface area (Å²) in [6.07, 6.45) is 2.62. The topological polar surface area (TPSA) is 108 Å². The van der Waals surface area contributed by atoms with E-state index in [9.17, 15) is 9.90 Å². The molecule has 0 fully saturated rings. The quantitative estimate of drug-likeness (QED) is 0.512. The van der Waals surface area contributed by atoms with Gasteiger partial charge in [0.2, 0.25) is 0 Å². The van der Waals surface area contributed by atoms with Crippen LogP contribution in [0.5, 0.6) is 0 Å². The highest BCUT2D eigenvalue weighted by Crippen LogP contribution is 2.30. The van der Waals surface area contributed by atoms with Crippen molar-refractivity contribution in [2.45, 2.75) is 12.1 Å². The lowest BCUT2D eigenvalue weighted by Crippen LogP contribution is -2.32. The maximum Gasteiger partial charge on any atom is 0.335 e. The fraction of sp³-hybridized carbons (Fsp3) is 0.176. The zero-order chi connectivity index (χ0) is 17.1. The molecule has 2 atom stereocenters. The molecule has 3 aromatic rings. The zero-order valence-electron chi connectivity index (χ0n) is 12.7. The Kier molecular flexibility index (Phi) is 4.75. The fourth-order valence-electron chi connectivity index (χ4n) is 2.52. The number of pyridine rings is 1. The lowest BCUT2D eigenvalue weighted by Gasteiger charge is -2.23. The highest BCUT2D eigenvalue weighted by atomic mass is 32.1. The zero-order valence-corrected chi connectivity index (χ0v) is 13.5. The van der Waals surface area contributed by atoms with E-state index in [4.69, 9.17) is 10.8 Å². The van der Waals surface area contributed by atoms with E-state index in [1.54, 1.807) is 24.5 Å². The van der Waals surface area contributed by atoms with Crippen LogP contribution < -0.4 is 11.1 Å². The Morgan fingerprint density at radius 3 is 2.67 bits per heavy atom. The number of aliphatic hydroxyl groups is 1. The van der Waals surface area contributed by atoms with Gasteiger partial charge < -0.3 is 21.3 Å². The average molecular weight is 343 g/mol. The first-order chi connectivity index (χ1) is 11.6. The van der Waals surface area contributed by atoms with Gasteiger partial charge in [-0.15, -0.1) is 11.3 Å². The molecule has 0 aliphatic rings. The lowest BCUT2D eigenvalue weighted by molar-refractivity contribution is 0.0697. The van der Waals surface area contributed by atoms with Crippen molar-refractivity contribution >= 4 is 32.4 Å². The van der Waals surface area contributed by atoms with Gasteiger partial charge in [0.25, 0.3) is 0 Å². The standard InChI is InChI=1S/C17H17N3O3S/c18-8-13(10-1-3-11(4-2-10)17(22)23)16(21)20-15-7-12-5-6-19-9-14(12)24-15/h1-7,9,13,16,20-21H,8,18H2,(H,22,23). The molecule has 24 heavy (non-hydrogen) atoms. The molecule has 7 heteroatoms. The van der Waals surface area contributed by atoms with Gasteiger partial charge in [0.05, 0.1) is 15.3 Å². The predicted octanol–water partition coefficient (Wildman–Crippen LogP) is 2.47. The van der Waals surface area contributed by atoms with Crippen molar-refractivity contribution in [1.82, 2.24) is 4.98 Å². The monoisotopic (exact) mass is 343 g/mol. The Hall–Kier alpha value is -2.48. The highest BCUT2D eigenvalue weighted by molar-refractivity contribution is 7.22. The number of hydrogen-bond acceptors (Lipinski definition) is 6. The van der Waals surface area contributed by atoms with Gasteiger partial charge in [0.1, 0.15) is 6.23 Å². The van der Waals surface area contributed by atoms with Gasteiger partial charge in [-0.1, -0.05) is 12.1 Å². The normalized spacial score (nSPS) is 13.6. The van der Waals surface area contributed by atoms with E-state index in [0.717, 1.165) is 20.7 Å². The van der Waals surface area contributed by atoms with Crippen LogP contribution in [0.3, 0.4) is 0 Å². The summed E-state index contributed by atoms with van der Waals surface area (Å²) in [7, 11) is 0. The number of aromatic nitrogens is 1. The molecule has 124 valence electrons. The second-order valence-corrected chi connectivity index (χ2v) is 6.47. The summed E-state index contributed by atoms with van der Waals surface area (Å²) >= 11 is 1.50. The Labute approximate surface area is 142 Å². The Balaban J connectivity index is 1.78. The maximum atomic E-state index is 10.9. The number of carbonyl (C=O) groups is 1. The number of nitrogens with two attached hydrogens (primary N) is 1. The van der Waals surface area contributed by atoms with Crippen LogP contribution in [0.25, 0.3) is 10.1 Å². The molecule has 0 amide bonds. The number of benzene rings is 1. The fourth-order valence-corrected chi connectivity index (χ4v) is 3.48. The van der Waals surface area contributed by atoms with Crippen molar-refractivity contribution in [3.05, 3.63) is 59.9 Å². The van der Waals surface area contributed by atoms with Crippen molar-refractivity contribution in [2.24, 2.45) is 5.73 Å². The molecule has 3 rings (SSSR count). The van der Waals surface area contributed by atoms with Gasteiger partial charge in [-0.3, -0.25) is 4.98 Å². The van der Waals surface area contributed by atoms with Crippen molar-refractivity contribution in [3.8, 4) is 0 Å². The molecule has 0 saturated carbocycles. The molecule has 2 unspecified atom stereocenters. The molecule has 1 aromatic carbocycles. The van der Waals surface area contributed by atoms with E-state index >= 15 is 0 Å². The number of hydrogen-bond donors (Lipinski definition) is 4. The van der Waals surface area contributed by atoms with Gasteiger partial charge >= 0.3 is 5.97 Å². The van der Waals surface area contributed by atoms with Crippen LogP contribution in [0.4, 0.5) is 5.00 Å². The van der Waals surface area contributed by atoms with Crippen LogP contribution in [0, 0.1) is 0 Å². The summed E-state index contributed by atoms with van der Waals surface area (Å²) in [4.78, 5) is 15.0. The minimum atomic E-state index is -0.983. The number of thiophene rings is 1. The van der Waals surface area contributed by atoms with Crippen molar-refractivity contribution in [2.75, 3.05) is 11.9 Å². The van der Waals surface area contributed by atoms with Crippen molar-refractivity contribution in [1.29, 1.82) is 0 Å². The number of nitrogens with one attached hydrogen (secondary N) is 1. The number of nitrogens with zero attached hydrogens (tertiary/aromatic N) is 1. The smallest absolute Gasteiger partial charge is 0.335 e. The van der Waals surface area contributed by atoms with Crippen LogP contribution >= 0.6 is 11.3 Å². The summed E-state index contributed by atoms with van der Waals surface area (Å²) in [5, 5.41) is 24.4. The Morgan fingerprint density at radius 2 is 2.04 bits per heavy atom. The van der Waals surface area contributed by atoms with Crippen LogP contribution in [0.1, 0.15) is 21.8 Å². The molecule has 0 saturated heterocycles. The molecule has 0 radical (unpaired) electrons. The second kappa shape index (κ2) is 6.96. The second-order valence-electron chi connectivity index (χ2n) is 5.38. The minimum absolute atomic E-state index is 0.203. The molecule has 0 bridgehead atoms. The summed E-state index contributed by atoms with van der Waals surface area (Å²) in [5.41, 5.74) is 6.79. The lowest BCUT2D eigenvalue weighted by atomic mass is 9.96. The van der Waals surface area contributed by atoms with E-state index in [1.165, 1.54) is 23.5 Å². The first kappa shape index (κ1) is 16.4. The van der Waals surface area contributed by atoms with Gasteiger partial charge in [-0.05, 0) is 35.2 Å². The first-order valence-electron chi connectivity index (χ1n) is 7.40. The number of aliphatic hydroxyl groups excluding tert-OH is 1. The van der Waals surface area contributed by atoms with Crippen LogP contribution in [0.15, 0.2) is 48.8 Å². The van der Waals surface area contributed by atoms with Crippen LogP contribution in [-0.2, 0) is 0 Å². The number of fused-ring (bicyclic) bond motifs is 1. The van der Waals surface area contributed by atoms with E-state index < -0.39 is 12.2 Å². The van der Waals surface area contributed by atoms with Crippen molar-refractivity contribution in [3.63, 3.8) is 0 Å². The molecule has 6 nitrogen and oxygen atoms in total. The molecule has 0 aliphatic carbocycles. The van der Waals surface area contributed by atoms with E-state index in [-0.39, 0.29) is 18.0 Å². The minimum Gasteiger partial charge on any atom is -0.478 e. The maximum absolute atomic E-state index is 10.9. The molecule has 5 N–H and O–H groups in total. The first-order valence-corrected chi connectivity index (χ1v) is 8.21. The molecule has 2 aromatic heterocycles. The summed E-state index contributed by atoms with van der Waals surface area (Å²) in [5.74, 6) is -1.33. The van der Waals surface area contributed by atoms with Gasteiger partial charge in [-0.25, -0.2) is 4.79 Å². The molecule has 0 spiro atoms. The number of anilines is 1. The number of aromatic carboxylic acids is 1. The van der Waals surface area contributed by atoms with E-state index in [2.05, 4.69) is 10.3 Å². The molecule has 0 aliphatic heterocycles. The average Bonchev–Trinajstić information content (AvgIpc) is 2.98. The van der Waals surface area contributed by atoms with Gasteiger partial charge in [-0.2, -0.15) is 0 Å².